The molecule has 0 heterocycles. The lowest BCUT2D eigenvalue weighted by atomic mass is 10.1. The molecule has 0 atom stereocenters. The summed E-state index contributed by atoms with van der Waals surface area (Å²) in [5.41, 5.74) is 2.31. The number of hydrogen-bond donors (Lipinski definition) is 1. The Hall–Kier alpha value is -0.650. The molecule has 0 saturated carbocycles. The molecule has 19 heavy (non-hydrogen) atoms. The molecule has 0 aliphatic heterocycles. The molecular formula is C14H10Br3NO. The van der Waals surface area contributed by atoms with Crippen LogP contribution in [0.2, 0.25) is 0 Å². The molecule has 98 valence electrons. The fourth-order valence-electron chi connectivity index (χ4n) is 1.64. The second-order valence-corrected chi connectivity index (χ2v) is 6.62. The summed E-state index contributed by atoms with van der Waals surface area (Å²) in [5, 5.41) is 2.90. The zero-order chi connectivity index (χ0) is 14.0. The van der Waals surface area contributed by atoms with Crippen molar-refractivity contribution in [3.63, 3.8) is 0 Å². The minimum absolute atomic E-state index is 0.127. The second kappa shape index (κ2) is 6.20. The van der Waals surface area contributed by atoms with Crippen molar-refractivity contribution in [2.45, 2.75) is 6.92 Å². The Balaban J connectivity index is 2.31. The minimum Gasteiger partial charge on any atom is -0.321 e. The third-order valence-electron chi connectivity index (χ3n) is 2.69. The van der Waals surface area contributed by atoms with Crippen molar-refractivity contribution in [3.05, 3.63) is 60.9 Å². The van der Waals surface area contributed by atoms with E-state index in [4.69, 9.17) is 0 Å². The molecule has 0 radical (unpaired) electrons. The summed E-state index contributed by atoms with van der Waals surface area (Å²) in [4.78, 5) is 12.3. The van der Waals surface area contributed by atoms with Crippen LogP contribution in [0, 0.1) is 6.92 Å². The molecule has 2 nitrogen and oxygen atoms in total. The lowest BCUT2D eigenvalue weighted by Gasteiger charge is -2.10. The van der Waals surface area contributed by atoms with E-state index in [9.17, 15) is 4.79 Å². The fraction of sp³-hybridized carbons (Fsp3) is 0.0714. The van der Waals surface area contributed by atoms with E-state index in [0.717, 1.165) is 24.7 Å². The molecule has 0 spiro atoms. The molecule has 0 bridgehead atoms. The quantitative estimate of drug-likeness (QED) is 0.643. The van der Waals surface area contributed by atoms with Crippen molar-refractivity contribution >= 4 is 59.4 Å². The summed E-state index contributed by atoms with van der Waals surface area (Å²) < 4.78 is 2.68. The highest BCUT2D eigenvalue weighted by atomic mass is 79.9. The summed E-state index contributed by atoms with van der Waals surface area (Å²) >= 11 is 10.2. The molecule has 2 aromatic rings. The molecule has 0 unspecified atom stereocenters. The summed E-state index contributed by atoms with van der Waals surface area (Å²) in [6.45, 7) is 1.91. The number of carbonyl (C=O) groups excluding carboxylic acids is 1. The Morgan fingerprint density at radius 1 is 1.05 bits per heavy atom. The lowest BCUT2D eigenvalue weighted by molar-refractivity contribution is 0.102. The summed E-state index contributed by atoms with van der Waals surface area (Å²) in [7, 11) is 0. The van der Waals surface area contributed by atoms with Crippen LogP contribution in [0.4, 0.5) is 5.69 Å². The zero-order valence-corrected chi connectivity index (χ0v) is 14.8. The van der Waals surface area contributed by atoms with Crippen molar-refractivity contribution in [1.29, 1.82) is 0 Å². The van der Waals surface area contributed by atoms with Gasteiger partial charge in [0.25, 0.3) is 5.91 Å². The zero-order valence-electron chi connectivity index (χ0n) is 10.0. The van der Waals surface area contributed by atoms with Gasteiger partial charge in [-0.1, -0.05) is 37.9 Å². The van der Waals surface area contributed by atoms with Crippen molar-refractivity contribution in [2.24, 2.45) is 0 Å². The topological polar surface area (TPSA) is 29.1 Å². The largest absolute Gasteiger partial charge is 0.321 e. The van der Waals surface area contributed by atoms with Crippen LogP contribution in [0.25, 0.3) is 0 Å². The highest BCUT2D eigenvalue weighted by Gasteiger charge is 2.12. The van der Waals surface area contributed by atoms with Gasteiger partial charge in [0.05, 0.1) is 5.69 Å². The monoisotopic (exact) mass is 445 g/mol. The first-order valence-corrected chi connectivity index (χ1v) is 7.88. The summed E-state index contributed by atoms with van der Waals surface area (Å²) in [6, 6.07) is 11.2. The van der Waals surface area contributed by atoms with Gasteiger partial charge < -0.3 is 5.32 Å². The Bertz CT molecular complexity index is 641. The molecule has 0 fully saturated rings. The number of anilines is 1. The number of nitrogens with one attached hydrogen (secondary N) is 1. The third kappa shape index (κ3) is 3.46. The molecule has 0 aliphatic carbocycles. The first-order valence-electron chi connectivity index (χ1n) is 5.50. The highest BCUT2D eigenvalue weighted by Crippen LogP contribution is 2.27. The number of halogens is 3. The molecule has 1 N–H and O–H groups in total. The smallest absolute Gasteiger partial charge is 0.256 e. The Morgan fingerprint density at radius 3 is 2.53 bits per heavy atom. The van der Waals surface area contributed by atoms with E-state index >= 15 is 0 Å². The van der Waals surface area contributed by atoms with E-state index in [0.29, 0.717) is 5.56 Å². The van der Waals surface area contributed by atoms with Crippen LogP contribution in [0.3, 0.4) is 0 Å². The van der Waals surface area contributed by atoms with Crippen molar-refractivity contribution in [3.8, 4) is 0 Å². The predicted octanol–water partition coefficient (Wildman–Crippen LogP) is 5.53. The van der Waals surface area contributed by atoms with Crippen molar-refractivity contribution in [1.82, 2.24) is 0 Å². The van der Waals surface area contributed by atoms with Gasteiger partial charge in [-0.05, 0) is 58.7 Å². The number of amides is 1. The predicted molar refractivity (Wildman–Crippen MR) is 88.7 cm³/mol. The van der Waals surface area contributed by atoms with Gasteiger partial charge in [0.15, 0.2) is 0 Å². The average molecular weight is 448 g/mol. The lowest BCUT2D eigenvalue weighted by Crippen LogP contribution is -2.13. The number of hydrogen-bond acceptors (Lipinski definition) is 1. The molecule has 5 heteroatoms. The Kier molecular flexibility index (Phi) is 4.81. The number of carbonyl (C=O) groups is 1. The summed E-state index contributed by atoms with van der Waals surface area (Å²) in [6.07, 6.45) is 0. The number of benzene rings is 2. The number of rotatable bonds is 2. The fourth-order valence-corrected chi connectivity index (χ4v) is 2.71. The normalized spacial score (nSPS) is 10.3. The maximum Gasteiger partial charge on any atom is 0.256 e. The summed E-state index contributed by atoms with van der Waals surface area (Å²) in [5.74, 6) is -0.127. The average Bonchev–Trinajstić information content (AvgIpc) is 2.37. The molecular weight excluding hydrogens is 438 g/mol. The maximum atomic E-state index is 12.3. The van der Waals surface area contributed by atoms with Gasteiger partial charge in [-0.3, -0.25) is 4.79 Å². The van der Waals surface area contributed by atoms with E-state index in [-0.39, 0.29) is 5.91 Å². The van der Waals surface area contributed by atoms with Crippen LogP contribution in [0.15, 0.2) is 49.8 Å². The second-order valence-electron chi connectivity index (χ2n) is 3.99. The van der Waals surface area contributed by atoms with Crippen LogP contribution in [-0.4, -0.2) is 5.91 Å². The van der Waals surface area contributed by atoms with E-state index in [1.807, 2.05) is 37.3 Å². The van der Waals surface area contributed by atoms with Gasteiger partial charge >= 0.3 is 0 Å². The Morgan fingerprint density at radius 2 is 1.79 bits per heavy atom. The van der Waals surface area contributed by atoms with Gasteiger partial charge in [0.1, 0.15) is 0 Å². The van der Waals surface area contributed by atoms with Crippen LogP contribution < -0.4 is 5.32 Å². The van der Waals surface area contributed by atoms with E-state index in [1.165, 1.54) is 0 Å². The molecule has 0 aliphatic rings. The third-order valence-corrected chi connectivity index (χ3v) is 4.73. The molecule has 2 rings (SSSR count). The maximum absolute atomic E-state index is 12.3. The molecule has 2 aromatic carbocycles. The van der Waals surface area contributed by atoms with Crippen LogP contribution in [0.5, 0.6) is 0 Å². The van der Waals surface area contributed by atoms with Gasteiger partial charge in [0.2, 0.25) is 0 Å². The first-order chi connectivity index (χ1) is 8.99. The van der Waals surface area contributed by atoms with Gasteiger partial charge in [-0.2, -0.15) is 0 Å². The molecule has 1 amide bonds. The van der Waals surface area contributed by atoms with Crippen LogP contribution in [0.1, 0.15) is 15.9 Å². The molecule has 0 saturated heterocycles. The van der Waals surface area contributed by atoms with E-state index in [1.54, 1.807) is 6.07 Å². The standard InChI is InChI=1S/C14H10Br3NO/c1-8-10(3-2-4-11(8)16)14(19)18-13-7-9(15)5-6-12(13)17/h2-7H,1H3,(H,18,19). The van der Waals surface area contributed by atoms with E-state index in [2.05, 4.69) is 53.1 Å². The first kappa shape index (κ1) is 14.8. The van der Waals surface area contributed by atoms with Crippen molar-refractivity contribution < 1.29 is 4.79 Å². The molecule has 0 aromatic heterocycles. The van der Waals surface area contributed by atoms with Crippen LogP contribution in [-0.2, 0) is 0 Å². The Labute approximate surface area is 137 Å². The van der Waals surface area contributed by atoms with Crippen molar-refractivity contribution in [2.75, 3.05) is 5.32 Å². The van der Waals surface area contributed by atoms with Gasteiger partial charge in [0, 0.05) is 19.0 Å². The minimum atomic E-state index is -0.127. The SMILES string of the molecule is Cc1c(Br)cccc1C(=O)Nc1cc(Br)ccc1Br. The van der Waals surface area contributed by atoms with Crippen LogP contribution >= 0.6 is 47.8 Å². The van der Waals surface area contributed by atoms with Gasteiger partial charge in [-0.15, -0.1) is 0 Å². The van der Waals surface area contributed by atoms with E-state index < -0.39 is 0 Å². The highest BCUT2D eigenvalue weighted by molar-refractivity contribution is 9.11. The van der Waals surface area contributed by atoms with Gasteiger partial charge in [-0.25, -0.2) is 0 Å².